The van der Waals surface area contributed by atoms with E-state index in [1.807, 2.05) is 0 Å². The fourth-order valence-corrected chi connectivity index (χ4v) is 3.48. The highest BCUT2D eigenvalue weighted by molar-refractivity contribution is 7.89. The fraction of sp³-hybridized carbons (Fsp3) is 0.500. The monoisotopic (exact) mass is 272 g/mol. The Balaban J connectivity index is 3.33. The van der Waals surface area contributed by atoms with Gasteiger partial charge in [0.1, 0.15) is 0 Å². The molecule has 0 bridgehead atoms. The van der Waals surface area contributed by atoms with E-state index in [1.54, 1.807) is 33.0 Å². The van der Waals surface area contributed by atoms with Gasteiger partial charge in [-0.3, -0.25) is 0 Å². The molecule has 0 unspecified atom stereocenters. The summed E-state index contributed by atoms with van der Waals surface area (Å²) in [6.45, 7) is 3.44. The zero-order valence-corrected chi connectivity index (χ0v) is 12.0. The molecule has 0 saturated carbocycles. The van der Waals surface area contributed by atoms with Crippen LogP contribution in [0.1, 0.15) is 11.1 Å². The summed E-state index contributed by atoms with van der Waals surface area (Å²) in [5, 5.41) is 11.8. The summed E-state index contributed by atoms with van der Waals surface area (Å²) in [4.78, 5) is 0.317. The first-order valence-corrected chi connectivity index (χ1v) is 7.14. The third-order valence-electron chi connectivity index (χ3n) is 2.83. The molecular formula is C12H20N2O3S. The number of hydrogen-bond acceptors (Lipinski definition) is 4. The summed E-state index contributed by atoms with van der Waals surface area (Å²) in [6.07, 6.45) is 0. The number of rotatable bonds is 5. The van der Waals surface area contributed by atoms with E-state index in [1.165, 1.54) is 11.4 Å². The number of benzene rings is 1. The smallest absolute Gasteiger partial charge is 0.243 e. The molecule has 0 radical (unpaired) electrons. The van der Waals surface area contributed by atoms with Crippen molar-refractivity contribution in [3.63, 3.8) is 0 Å². The second-order valence-electron chi connectivity index (χ2n) is 4.24. The predicted octanol–water partition coefficient (Wildman–Crippen LogP) is 0.958. The highest BCUT2D eigenvalue weighted by atomic mass is 32.2. The summed E-state index contributed by atoms with van der Waals surface area (Å²) in [5.74, 6) is 0. The van der Waals surface area contributed by atoms with E-state index in [0.29, 0.717) is 16.0 Å². The van der Waals surface area contributed by atoms with E-state index in [4.69, 9.17) is 5.11 Å². The minimum Gasteiger partial charge on any atom is -0.395 e. The Morgan fingerprint density at radius 2 is 1.78 bits per heavy atom. The zero-order valence-electron chi connectivity index (χ0n) is 11.2. The Morgan fingerprint density at radius 3 is 2.17 bits per heavy atom. The molecule has 0 aliphatic rings. The van der Waals surface area contributed by atoms with Crippen molar-refractivity contribution >= 4 is 15.7 Å². The van der Waals surface area contributed by atoms with Gasteiger partial charge in [0.25, 0.3) is 0 Å². The van der Waals surface area contributed by atoms with Crippen LogP contribution in [0.4, 0.5) is 5.69 Å². The van der Waals surface area contributed by atoms with Crippen molar-refractivity contribution in [2.75, 3.05) is 32.6 Å². The number of anilines is 1. The maximum absolute atomic E-state index is 12.4. The van der Waals surface area contributed by atoms with Gasteiger partial charge in [-0.1, -0.05) is 0 Å². The number of hydrogen-bond donors (Lipinski definition) is 2. The first-order valence-electron chi connectivity index (χ1n) is 5.70. The number of aryl methyl sites for hydroxylation is 2. The minimum atomic E-state index is -3.54. The van der Waals surface area contributed by atoms with E-state index < -0.39 is 10.0 Å². The molecule has 0 aliphatic carbocycles. The van der Waals surface area contributed by atoms with Crippen molar-refractivity contribution in [1.29, 1.82) is 0 Å². The van der Waals surface area contributed by atoms with Crippen LogP contribution in [-0.2, 0) is 10.0 Å². The Kier molecular flexibility index (Phi) is 4.72. The Bertz CT molecular complexity index is 503. The number of aliphatic hydroxyl groups excluding tert-OH is 1. The summed E-state index contributed by atoms with van der Waals surface area (Å²) >= 11 is 0. The third-order valence-corrected chi connectivity index (χ3v) is 5.00. The van der Waals surface area contributed by atoms with Crippen molar-refractivity contribution in [1.82, 2.24) is 4.31 Å². The van der Waals surface area contributed by atoms with Gasteiger partial charge in [0.2, 0.25) is 10.0 Å². The lowest BCUT2D eigenvalue weighted by Crippen LogP contribution is -2.30. The maximum atomic E-state index is 12.4. The second kappa shape index (κ2) is 5.69. The Morgan fingerprint density at radius 1 is 1.28 bits per heavy atom. The molecule has 0 spiro atoms. The number of likely N-dealkylation sites (N-methyl/N-ethyl adjacent to an activating group) is 1. The van der Waals surface area contributed by atoms with Gasteiger partial charge < -0.3 is 10.4 Å². The van der Waals surface area contributed by atoms with Crippen LogP contribution in [-0.4, -0.2) is 45.1 Å². The molecule has 0 aliphatic heterocycles. The van der Waals surface area contributed by atoms with Crippen LogP contribution in [0, 0.1) is 13.8 Å². The van der Waals surface area contributed by atoms with Crippen LogP contribution in [0.2, 0.25) is 0 Å². The molecule has 0 fully saturated rings. The number of nitrogens with zero attached hydrogens (tertiary/aromatic N) is 1. The van der Waals surface area contributed by atoms with Gasteiger partial charge in [0.15, 0.2) is 0 Å². The van der Waals surface area contributed by atoms with Gasteiger partial charge >= 0.3 is 0 Å². The molecule has 1 aromatic rings. The average Bonchev–Trinajstić information content (AvgIpc) is 2.27. The van der Waals surface area contributed by atoms with Crippen LogP contribution in [0.25, 0.3) is 0 Å². The first kappa shape index (κ1) is 14.9. The molecule has 0 saturated heterocycles. The van der Waals surface area contributed by atoms with Crippen molar-refractivity contribution in [2.24, 2.45) is 0 Å². The molecule has 0 aromatic heterocycles. The first-order chi connectivity index (χ1) is 8.34. The molecule has 1 rings (SSSR count). The van der Waals surface area contributed by atoms with Crippen molar-refractivity contribution < 1.29 is 13.5 Å². The summed E-state index contributed by atoms with van der Waals surface area (Å²) in [5.41, 5.74) is 2.28. The van der Waals surface area contributed by atoms with Crippen LogP contribution in [0.15, 0.2) is 17.0 Å². The standard InChI is InChI=1S/C12H20N2O3S/c1-9-7-11(13-3)8-10(2)12(9)18(16,17)14(4)5-6-15/h7-8,13,15H,5-6H2,1-4H3. The highest BCUT2D eigenvalue weighted by Crippen LogP contribution is 2.26. The van der Waals surface area contributed by atoms with Gasteiger partial charge in [-0.25, -0.2) is 8.42 Å². The Hall–Kier alpha value is -1.11. The lowest BCUT2D eigenvalue weighted by atomic mass is 10.1. The molecule has 0 heterocycles. The topological polar surface area (TPSA) is 69.6 Å². The van der Waals surface area contributed by atoms with Crippen molar-refractivity contribution in [3.8, 4) is 0 Å². The van der Waals surface area contributed by atoms with Crippen LogP contribution >= 0.6 is 0 Å². The molecule has 0 atom stereocenters. The molecule has 2 N–H and O–H groups in total. The normalized spacial score (nSPS) is 11.9. The lowest BCUT2D eigenvalue weighted by molar-refractivity contribution is 0.266. The lowest BCUT2D eigenvalue weighted by Gasteiger charge is -2.19. The largest absolute Gasteiger partial charge is 0.395 e. The molecule has 1 aromatic carbocycles. The van der Waals surface area contributed by atoms with Crippen LogP contribution in [0.5, 0.6) is 0 Å². The average molecular weight is 272 g/mol. The quantitative estimate of drug-likeness (QED) is 0.837. The van der Waals surface area contributed by atoms with Gasteiger partial charge in [-0.2, -0.15) is 4.31 Å². The van der Waals surface area contributed by atoms with Crippen LogP contribution < -0.4 is 5.32 Å². The minimum absolute atomic E-state index is 0.0923. The highest BCUT2D eigenvalue weighted by Gasteiger charge is 2.24. The number of nitrogens with one attached hydrogen (secondary N) is 1. The third kappa shape index (κ3) is 2.82. The van der Waals surface area contributed by atoms with E-state index in [-0.39, 0.29) is 13.2 Å². The van der Waals surface area contributed by atoms with E-state index in [0.717, 1.165) is 5.69 Å². The second-order valence-corrected chi connectivity index (χ2v) is 6.22. The number of aliphatic hydroxyl groups is 1. The summed E-state index contributed by atoms with van der Waals surface area (Å²) in [6, 6.07) is 3.60. The van der Waals surface area contributed by atoms with E-state index in [2.05, 4.69) is 5.32 Å². The summed E-state index contributed by atoms with van der Waals surface area (Å²) in [7, 11) is -0.281. The molecule has 6 heteroatoms. The zero-order chi connectivity index (χ0) is 13.9. The molecule has 0 amide bonds. The SMILES string of the molecule is CNc1cc(C)c(S(=O)(=O)N(C)CCO)c(C)c1. The van der Waals surface area contributed by atoms with Gasteiger partial charge in [0, 0.05) is 26.3 Å². The molecule has 5 nitrogen and oxygen atoms in total. The fourth-order valence-electron chi connectivity index (χ4n) is 1.92. The van der Waals surface area contributed by atoms with Crippen molar-refractivity contribution in [2.45, 2.75) is 18.7 Å². The van der Waals surface area contributed by atoms with Crippen LogP contribution in [0.3, 0.4) is 0 Å². The van der Waals surface area contributed by atoms with Crippen molar-refractivity contribution in [3.05, 3.63) is 23.3 Å². The van der Waals surface area contributed by atoms with Gasteiger partial charge in [-0.05, 0) is 37.1 Å². The maximum Gasteiger partial charge on any atom is 0.243 e. The summed E-state index contributed by atoms with van der Waals surface area (Å²) < 4.78 is 25.9. The Labute approximate surface area is 108 Å². The van der Waals surface area contributed by atoms with E-state index in [9.17, 15) is 8.42 Å². The van der Waals surface area contributed by atoms with E-state index >= 15 is 0 Å². The van der Waals surface area contributed by atoms with Gasteiger partial charge in [0.05, 0.1) is 11.5 Å². The predicted molar refractivity (Wildman–Crippen MR) is 72.4 cm³/mol. The molecular weight excluding hydrogens is 252 g/mol. The molecule has 102 valence electrons. The van der Waals surface area contributed by atoms with Gasteiger partial charge in [-0.15, -0.1) is 0 Å². The number of sulfonamides is 1. The molecule has 18 heavy (non-hydrogen) atoms.